The first-order valence-corrected chi connectivity index (χ1v) is 20.3. The van der Waals surface area contributed by atoms with Crippen LogP contribution in [0.25, 0.3) is 100.0 Å². The molecule has 3 heteroatoms. The minimum atomic E-state index is -0.0989. The Morgan fingerprint density at radius 2 is 1.02 bits per heavy atom. The van der Waals surface area contributed by atoms with Crippen LogP contribution in [0.1, 0.15) is 25.0 Å². The van der Waals surface area contributed by atoms with Gasteiger partial charge in [0.2, 0.25) is 0 Å². The molecule has 0 fully saturated rings. The highest BCUT2D eigenvalue weighted by Gasteiger charge is 2.38. The zero-order valence-electron chi connectivity index (χ0n) is 32.9. The molecular formula is C56H39N3. The van der Waals surface area contributed by atoms with Crippen LogP contribution >= 0.6 is 0 Å². The first kappa shape index (κ1) is 34.7. The standard InChI is InChI=1S/C56H39N3/c1-56(2)50-23-11-22-44(53(50)49-29-28-36-13-6-7-19-45(36)54(49)56)38-26-24-37(25-27-38)43-30-31-48(47-21-9-8-20-46(43)47)52-34-51(58-55(59-52)39-14-4-3-5-15-39)41-17-10-16-40(33-41)42-18-12-32-57-35-42/h3-35H,1-2H3. The number of benzene rings is 8. The molecule has 1 aliphatic rings. The number of pyridine rings is 1. The monoisotopic (exact) mass is 753 g/mol. The van der Waals surface area contributed by atoms with E-state index in [1.165, 1.54) is 60.7 Å². The Kier molecular flexibility index (Phi) is 8.16. The molecule has 0 aliphatic heterocycles. The van der Waals surface area contributed by atoms with Crippen molar-refractivity contribution in [3.8, 4) is 78.4 Å². The van der Waals surface area contributed by atoms with E-state index in [-0.39, 0.29) is 5.41 Å². The Labute approximate surface area is 344 Å². The Bertz CT molecular complexity index is 3220. The molecule has 10 aromatic rings. The van der Waals surface area contributed by atoms with Gasteiger partial charge in [-0.3, -0.25) is 4.98 Å². The number of hydrogen-bond acceptors (Lipinski definition) is 3. The summed E-state index contributed by atoms with van der Waals surface area (Å²) in [6.07, 6.45) is 3.70. The Morgan fingerprint density at radius 1 is 0.390 bits per heavy atom. The van der Waals surface area contributed by atoms with E-state index in [0.29, 0.717) is 5.82 Å². The van der Waals surface area contributed by atoms with Crippen LogP contribution in [0.15, 0.2) is 200 Å². The predicted octanol–water partition coefficient (Wildman–Crippen LogP) is 14.5. The quantitative estimate of drug-likeness (QED) is 0.170. The molecule has 0 radical (unpaired) electrons. The van der Waals surface area contributed by atoms with Gasteiger partial charge in [-0.25, -0.2) is 9.97 Å². The molecule has 278 valence electrons. The second kappa shape index (κ2) is 13.9. The van der Waals surface area contributed by atoms with Crippen LogP contribution in [0.5, 0.6) is 0 Å². The highest BCUT2D eigenvalue weighted by atomic mass is 14.9. The number of hydrogen-bond donors (Lipinski definition) is 0. The van der Waals surface area contributed by atoms with Crippen molar-refractivity contribution in [2.75, 3.05) is 0 Å². The van der Waals surface area contributed by atoms with Crippen LogP contribution < -0.4 is 0 Å². The number of aromatic nitrogens is 3. The van der Waals surface area contributed by atoms with E-state index < -0.39 is 0 Å². The maximum atomic E-state index is 5.23. The van der Waals surface area contributed by atoms with Gasteiger partial charge in [-0.05, 0) is 89.8 Å². The first-order chi connectivity index (χ1) is 29.0. The fourth-order valence-corrected chi connectivity index (χ4v) is 9.34. The van der Waals surface area contributed by atoms with Gasteiger partial charge >= 0.3 is 0 Å². The van der Waals surface area contributed by atoms with E-state index >= 15 is 0 Å². The van der Waals surface area contributed by atoms with Crippen molar-refractivity contribution < 1.29 is 0 Å². The summed E-state index contributed by atoms with van der Waals surface area (Å²) in [7, 11) is 0. The molecule has 0 saturated heterocycles. The van der Waals surface area contributed by atoms with E-state index in [4.69, 9.17) is 9.97 Å². The fraction of sp³-hybridized carbons (Fsp3) is 0.0536. The summed E-state index contributed by atoms with van der Waals surface area (Å²) in [5, 5.41) is 4.96. The van der Waals surface area contributed by atoms with Crippen LogP contribution in [-0.4, -0.2) is 15.0 Å². The predicted molar refractivity (Wildman–Crippen MR) is 245 cm³/mol. The van der Waals surface area contributed by atoms with E-state index in [1.54, 1.807) is 6.20 Å². The van der Waals surface area contributed by atoms with Crippen molar-refractivity contribution in [2.45, 2.75) is 19.3 Å². The molecule has 0 N–H and O–H groups in total. The lowest BCUT2D eigenvalue weighted by molar-refractivity contribution is 0.666. The normalized spacial score (nSPS) is 12.7. The lowest BCUT2D eigenvalue weighted by Crippen LogP contribution is -2.15. The Balaban J connectivity index is 1.00. The molecule has 1 aliphatic carbocycles. The van der Waals surface area contributed by atoms with Crippen molar-refractivity contribution in [1.82, 2.24) is 15.0 Å². The zero-order valence-corrected chi connectivity index (χ0v) is 32.9. The lowest BCUT2D eigenvalue weighted by Gasteiger charge is -2.23. The van der Waals surface area contributed by atoms with Crippen molar-refractivity contribution in [2.24, 2.45) is 0 Å². The molecule has 0 atom stereocenters. The Morgan fingerprint density at radius 3 is 1.81 bits per heavy atom. The smallest absolute Gasteiger partial charge is 0.160 e. The maximum Gasteiger partial charge on any atom is 0.160 e. The van der Waals surface area contributed by atoms with Gasteiger partial charge in [-0.1, -0.05) is 184 Å². The second-order valence-electron chi connectivity index (χ2n) is 16.0. The van der Waals surface area contributed by atoms with E-state index in [9.17, 15) is 0 Å². The molecular weight excluding hydrogens is 715 g/mol. The summed E-state index contributed by atoms with van der Waals surface area (Å²) < 4.78 is 0. The summed E-state index contributed by atoms with van der Waals surface area (Å²) >= 11 is 0. The number of nitrogens with zero attached hydrogens (tertiary/aromatic N) is 3. The number of rotatable bonds is 6. The van der Waals surface area contributed by atoms with Gasteiger partial charge in [0.15, 0.2) is 5.82 Å². The molecule has 0 spiro atoms. The van der Waals surface area contributed by atoms with Crippen molar-refractivity contribution in [3.63, 3.8) is 0 Å². The Hall–Kier alpha value is -7.49. The average molecular weight is 754 g/mol. The van der Waals surface area contributed by atoms with Gasteiger partial charge in [-0.15, -0.1) is 0 Å². The van der Waals surface area contributed by atoms with Crippen LogP contribution in [0, 0.1) is 0 Å². The third-order valence-corrected chi connectivity index (χ3v) is 12.2. The molecule has 59 heavy (non-hydrogen) atoms. The molecule has 3 nitrogen and oxygen atoms in total. The van der Waals surface area contributed by atoms with Gasteiger partial charge < -0.3 is 0 Å². The molecule has 2 heterocycles. The first-order valence-electron chi connectivity index (χ1n) is 20.3. The van der Waals surface area contributed by atoms with Crippen molar-refractivity contribution >= 4 is 21.5 Å². The molecule has 0 saturated carbocycles. The van der Waals surface area contributed by atoms with Crippen molar-refractivity contribution in [3.05, 3.63) is 212 Å². The summed E-state index contributed by atoms with van der Waals surface area (Å²) in [4.78, 5) is 14.7. The SMILES string of the molecule is CC1(C)c2cccc(-c3ccc(-c4ccc(-c5cc(-c6cccc(-c7cccnc7)c6)nc(-c6ccccc6)n5)c5ccccc45)cc3)c2-c2ccc3ccccc3c21. The summed E-state index contributed by atoms with van der Waals surface area (Å²) in [6.45, 7) is 4.75. The summed E-state index contributed by atoms with van der Waals surface area (Å²) in [5.74, 6) is 0.695. The molecule has 0 bridgehead atoms. The third-order valence-electron chi connectivity index (χ3n) is 12.2. The second-order valence-corrected chi connectivity index (χ2v) is 16.0. The van der Waals surface area contributed by atoms with Gasteiger partial charge in [0.05, 0.1) is 11.4 Å². The van der Waals surface area contributed by atoms with Crippen LogP contribution in [-0.2, 0) is 5.41 Å². The maximum absolute atomic E-state index is 5.23. The summed E-state index contributed by atoms with van der Waals surface area (Å²) in [5.41, 5.74) is 17.2. The molecule has 8 aromatic carbocycles. The highest BCUT2D eigenvalue weighted by molar-refractivity contribution is 6.05. The minimum absolute atomic E-state index is 0.0989. The summed E-state index contributed by atoms with van der Waals surface area (Å²) in [6, 6.07) is 67.5. The minimum Gasteiger partial charge on any atom is -0.264 e. The molecule has 11 rings (SSSR count). The highest BCUT2D eigenvalue weighted by Crippen LogP contribution is 2.54. The number of fused-ring (bicyclic) bond motifs is 6. The van der Waals surface area contributed by atoms with Gasteiger partial charge in [0, 0.05) is 40.1 Å². The molecule has 0 unspecified atom stereocenters. The van der Waals surface area contributed by atoms with Crippen LogP contribution in [0.3, 0.4) is 0 Å². The van der Waals surface area contributed by atoms with E-state index in [2.05, 4.69) is 183 Å². The van der Waals surface area contributed by atoms with Crippen molar-refractivity contribution in [1.29, 1.82) is 0 Å². The van der Waals surface area contributed by atoms with E-state index in [1.807, 2.05) is 30.5 Å². The third kappa shape index (κ3) is 5.85. The van der Waals surface area contributed by atoms with Crippen LogP contribution in [0.2, 0.25) is 0 Å². The largest absolute Gasteiger partial charge is 0.264 e. The van der Waals surface area contributed by atoms with Gasteiger partial charge in [0.1, 0.15) is 0 Å². The lowest BCUT2D eigenvalue weighted by atomic mass is 9.80. The van der Waals surface area contributed by atoms with Crippen LogP contribution in [0.4, 0.5) is 0 Å². The molecule has 0 amide bonds. The van der Waals surface area contributed by atoms with E-state index in [0.717, 1.165) is 44.6 Å². The average Bonchev–Trinajstić information content (AvgIpc) is 3.55. The topological polar surface area (TPSA) is 38.7 Å². The van der Waals surface area contributed by atoms with Gasteiger partial charge in [-0.2, -0.15) is 0 Å². The fourth-order valence-electron chi connectivity index (χ4n) is 9.34. The zero-order chi connectivity index (χ0) is 39.5. The van der Waals surface area contributed by atoms with Gasteiger partial charge in [0.25, 0.3) is 0 Å². The molecule has 2 aromatic heterocycles.